The molecule has 1 aromatic rings. The molecule has 1 heterocycles. The summed E-state index contributed by atoms with van der Waals surface area (Å²) in [5, 5.41) is 9.26. The molecule has 1 fully saturated rings. The number of methoxy groups -OCH3 is 2. The van der Waals surface area contributed by atoms with Gasteiger partial charge in [-0.05, 0) is 25.5 Å². The fourth-order valence-corrected chi connectivity index (χ4v) is 4.36. The summed E-state index contributed by atoms with van der Waals surface area (Å²) in [6.45, 7) is 1.61. The zero-order valence-corrected chi connectivity index (χ0v) is 13.5. The first-order valence-corrected chi connectivity index (χ1v) is 8.15. The molecule has 1 aliphatic heterocycles. The van der Waals surface area contributed by atoms with Crippen molar-refractivity contribution in [1.29, 1.82) is 0 Å². The number of hydrogen-bond donors (Lipinski definition) is 1. The maximum absolute atomic E-state index is 12.9. The first-order valence-electron chi connectivity index (χ1n) is 6.71. The molecule has 0 saturated carbocycles. The number of nitrogens with zero attached hydrogens (tertiary/aromatic N) is 1. The Morgan fingerprint density at radius 3 is 2.23 bits per heavy atom. The van der Waals surface area contributed by atoms with Gasteiger partial charge in [-0.3, -0.25) is 4.79 Å². The smallest absolute Gasteiger partial charge is 0.310 e. The fraction of sp³-hybridized carbons (Fsp3) is 0.500. The number of rotatable bonds is 5. The molecule has 8 heteroatoms. The van der Waals surface area contributed by atoms with Crippen LogP contribution in [-0.2, 0) is 14.8 Å². The predicted octanol–water partition coefficient (Wildman–Crippen LogP) is 1.19. The average molecular weight is 329 g/mol. The van der Waals surface area contributed by atoms with Gasteiger partial charge in [0, 0.05) is 13.1 Å². The van der Waals surface area contributed by atoms with Crippen LogP contribution in [0.1, 0.15) is 13.3 Å². The van der Waals surface area contributed by atoms with E-state index in [4.69, 9.17) is 9.47 Å². The molecule has 0 bridgehead atoms. The lowest BCUT2D eigenvalue weighted by atomic mass is 9.90. The first kappa shape index (κ1) is 16.6. The summed E-state index contributed by atoms with van der Waals surface area (Å²) < 4.78 is 37.2. The normalized spacial score (nSPS) is 22.5. The summed E-state index contributed by atoms with van der Waals surface area (Å²) in [7, 11) is -1.16. The second-order valence-electron chi connectivity index (χ2n) is 5.45. The third kappa shape index (κ3) is 2.64. The third-order valence-corrected chi connectivity index (χ3v) is 5.84. The van der Waals surface area contributed by atoms with Gasteiger partial charge >= 0.3 is 5.97 Å². The number of benzene rings is 1. The molecule has 122 valence electrons. The molecule has 1 saturated heterocycles. The van der Waals surface area contributed by atoms with Crippen molar-refractivity contribution in [1.82, 2.24) is 4.31 Å². The standard InChI is InChI=1S/C14H19NO6S/c1-14(13(16)17)7-8-15(9-14)22(18,19)12-10(20-2)5-4-6-11(12)21-3/h4-6H,7-9H2,1-3H3,(H,16,17). The number of aliphatic carboxylic acids is 1. The van der Waals surface area contributed by atoms with E-state index in [2.05, 4.69) is 0 Å². The van der Waals surface area contributed by atoms with Crippen molar-refractivity contribution in [2.45, 2.75) is 18.2 Å². The van der Waals surface area contributed by atoms with Crippen molar-refractivity contribution in [2.75, 3.05) is 27.3 Å². The minimum atomic E-state index is -3.91. The Balaban J connectivity index is 2.47. The van der Waals surface area contributed by atoms with Crippen LogP contribution in [0.15, 0.2) is 23.1 Å². The van der Waals surface area contributed by atoms with Crippen molar-refractivity contribution in [3.8, 4) is 11.5 Å². The molecule has 1 unspecified atom stereocenters. The maximum atomic E-state index is 12.9. The Hall–Kier alpha value is -1.80. The Bertz CT molecular complexity index is 664. The SMILES string of the molecule is COc1cccc(OC)c1S(=O)(=O)N1CCC(C)(C(=O)O)C1. The molecule has 22 heavy (non-hydrogen) atoms. The quantitative estimate of drug-likeness (QED) is 0.872. The van der Waals surface area contributed by atoms with E-state index in [1.807, 2.05) is 0 Å². The summed E-state index contributed by atoms with van der Waals surface area (Å²) in [4.78, 5) is 11.2. The molecular formula is C14H19NO6S. The van der Waals surface area contributed by atoms with Crippen LogP contribution < -0.4 is 9.47 Å². The predicted molar refractivity (Wildman–Crippen MR) is 78.7 cm³/mol. The number of sulfonamides is 1. The molecule has 0 aliphatic carbocycles. The molecule has 0 spiro atoms. The Morgan fingerprint density at radius 1 is 1.27 bits per heavy atom. The van der Waals surface area contributed by atoms with Crippen molar-refractivity contribution in [2.24, 2.45) is 5.41 Å². The highest BCUT2D eigenvalue weighted by atomic mass is 32.2. The van der Waals surface area contributed by atoms with Crippen LogP contribution in [0.2, 0.25) is 0 Å². The molecule has 1 aromatic carbocycles. The zero-order chi connectivity index (χ0) is 16.5. The fourth-order valence-electron chi connectivity index (χ4n) is 2.50. The molecule has 1 N–H and O–H groups in total. The Morgan fingerprint density at radius 2 is 1.82 bits per heavy atom. The highest BCUT2D eigenvalue weighted by Gasteiger charge is 2.46. The lowest BCUT2D eigenvalue weighted by molar-refractivity contribution is -0.146. The third-order valence-electron chi connectivity index (χ3n) is 3.94. The number of carbonyl (C=O) groups is 1. The maximum Gasteiger partial charge on any atom is 0.310 e. The van der Waals surface area contributed by atoms with E-state index in [1.54, 1.807) is 13.0 Å². The first-order chi connectivity index (χ1) is 10.3. The van der Waals surface area contributed by atoms with E-state index < -0.39 is 21.4 Å². The number of hydrogen-bond acceptors (Lipinski definition) is 5. The molecule has 2 rings (SSSR count). The molecule has 0 amide bonds. The molecule has 0 radical (unpaired) electrons. The Labute approximate surface area is 129 Å². The van der Waals surface area contributed by atoms with Gasteiger partial charge < -0.3 is 14.6 Å². The van der Waals surface area contributed by atoms with E-state index in [0.717, 1.165) is 0 Å². The van der Waals surface area contributed by atoms with E-state index in [1.165, 1.54) is 30.7 Å². The molecular weight excluding hydrogens is 310 g/mol. The average Bonchev–Trinajstić information content (AvgIpc) is 2.91. The van der Waals surface area contributed by atoms with Crippen LogP contribution in [0.3, 0.4) is 0 Å². The van der Waals surface area contributed by atoms with Crippen molar-refractivity contribution >= 4 is 16.0 Å². The van der Waals surface area contributed by atoms with E-state index >= 15 is 0 Å². The topological polar surface area (TPSA) is 93.1 Å². The van der Waals surface area contributed by atoms with Gasteiger partial charge in [-0.25, -0.2) is 8.42 Å². The summed E-state index contributed by atoms with van der Waals surface area (Å²) in [5.74, 6) is -0.663. The van der Waals surface area contributed by atoms with Gasteiger partial charge in [0.25, 0.3) is 10.0 Å². The minimum Gasteiger partial charge on any atom is -0.495 e. The number of ether oxygens (including phenoxy) is 2. The molecule has 1 aliphatic rings. The van der Waals surface area contributed by atoms with Crippen molar-refractivity contribution < 1.29 is 27.8 Å². The lowest BCUT2D eigenvalue weighted by Gasteiger charge is -2.22. The second kappa shape index (κ2) is 5.77. The van der Waals surface area contributed by atoms with Crippen LogP contribution in [0.5, 0.6) is 11.5 Å². The van der Waals surface area contributed by atoms with Gasteiger partial charge in [0.05, 0.1) is 19.6 Å². The van der Waals surface area contributed by atoms with Crippen LogP contribution in [-0.4, -0.2) is 51.1 Å². The van der Waals surface area contributed by atoms with E-state index in [0.29, 0.717) is 0 Å². The van der Waals surface area contributed by atoms with Gasteiger partial charge in [0.15, 0.2) is 4.90 Å². The minimum absolute atomic E-state index is 0.0744. The van der Waals surface area contributed by atoms with Gasteiger partial charge in [-0.2, -0.15) is 4.31 Å². The van der Waals surface area contributed by atoms with Crippen molar-refractivity contribution in [3.63, 3.8) is 0 Å². The summed E-state index contributed by atoms with van der Waals surface area (Å²) in [5.41, 5.74) is -1.08. The molecule has 0 aromatic heterocycles. The van der Waals surface area contributed by atoms with Crippen molar-refractivity contribution in [3.05, 3.63) is 18.2 Å². The highest BCUT2D eigenvalue weighted by Crippen LogP contribution is 2.39. The summed E-state index contributed by atoms with van der Waals surface area (Å²) in [6, 6.07) is 4.69. The van der Waals surface area contributed by atoms with Crippen LogP contribution in [0, 0.1) is 5.41 Å². The van der Waals surface area contributed by atoms with Gasteiger partial charge in [-0.15, -0.1) is 0 Å². The molecule has 7 nitrogen and oxygen atoms in total. The van der Waals surface area contributed by atoms with E-state index in [9.17, 15) is 18.3 Å². The van der Waals surface area contributed by atoms with Crippen LogP contribution >= 0.6 is 0 Å². The number of carboxylic acid groups (broad SMARTS) is 1. The zero-order valence-electron chi connectivity index (χ0n) is 12.7. The Kier molecular flexibility index (Phi) is 4.35. The summed E-state index contributed by atoms with van der Waals surface area (Å²) >= 11 is 0. The van der Waals surface area contributed by atoms with Gasteiger partial charge in [0.1, 0.15) is 11.5 Å². The van der Waals surface area contributed by atoms with Gasteiger partial charge in [-0.1, -0.05) is 6.07 Å². The lowest BCUT2D eigenvalue weighted by Crippen LogP contribution is -2.35. The largest absolute Gasteiger partial charge is 0.495 e. The van der Waals surface area contributed by atoms with E-state index in [-0.39, 0.29) is 35.9 Å². The summed E-state index contributed by atoms with van der Waals surface area (Å²) in [6.07, 6.45) is 0.263. The van der Waals surface area contributed by atoms with Crippen LogP contribution in [0.4, 0.5) is 0 Å². The van der Waals surface area contributed by atoms with Crippen LogP contribution in [0.25, 0.3) is 0 Å². The molecule has 1 atom stereocenters. The number of carboxylic acids is 1. The monoisotopic (exact) mass is 329 g/mol. The second-order valence-corrected chi connectivity index (χ2v) is 7.32. The van der Waals surface area contributed by atoms with Gasteiger partial charge in [0.2, 0.25) is 0 Å². The highest BCUT2D eigenvalue weighted by molar-refractivity contribution is 7.89.